The number of benzene rings is 2. The predicted molar refractivity (Wildman–Crippen MR) is 156 cm³/mol. The van der Waals surface area contributed by atoms with E-state index in [9.17, 15) is 24.3 Å². The smallest absolute Gasteiger partial charge is 0.326 e. The number of ketones is 1. The summed E-state index contributed by atoms with van der Waals surface area (Å²) >= 11 is 10.0. The molecule has 0 spiro atoms. The highest BCUT2D eigenvalue weighted by molar-refractivity contribution is 6.35. The minimum Gasteiger partial charge on any atom is -0.480 e. The number of carbonyl (C=O) groups is 4. The van der Waals surface area contributed by atoms with Crippen LogP contribution in [0.2, 0.25) is 0 Å². The summed E-state index contributed by atoms with van der Waals surface area (Å²) in [4.78, 5) is 51.2. The van der Waals surface area contributed by atoms with E-state index >= 15 is 0 Å². The summed E-state index contributed by atoms with van der Waals surface area (Å²) in [6.45, 7) is 0.237. The fourth-order valence-electron chi connectivity index (χ4n) is 3.37. The van der Waals surface area contributed by atoms with Crippen LogP contribution in [0.15, 0.2) is 65.7 Å². The van der Waals surface area contributed by atoms with E-state index < -0.39 is 35.9 Å². The molecule has 3 atom stereocenters. The van der Waals surface area contributed by atoms with Gasteiger partial charge in [-0.2, -0.15) is 0 Å². The van der Waals surface area contributed by atoms with Gasteiger partial charge in [0.05, 0.1) is 17.8 Å². The van der Waals surface area contributed by atoms with Crippen molar-refractivity contribution in [2.24, 2.45) is 22.2 Å². The molecule has 2 aromatic carbocycles. The Morgan fingerprint density at radius 3 is 1.75 bits per heavy atom. The van der Waals surface area contributed by atoms with E-state index in [4.69, 9.17) is 40.4 Å². The highest BCUT2D eigenvalue weighted by Gasteiger charge is 2.28. The molecule has 0 bridgehead atoms. The van der Waals surface area contributed by atoms with Gasteiger partial charge < -0.3 is 32.9 Å². The number of alkyl halides is 2. The molecule has 0 radical (unpaired) electrons. The Morgan fingerprint density at radius 2 is 1.30 bits per heavy atom. The minimum atomic E-state index is -1.19. The van der Waals surface area contributed by atoms with Crippen molar-refractivity contribution in [3.8, 4) is 0 Å². The molecule has 3 unspecified atom stereocenters. The van der Waals surface area contributed by atoms with Gasteiger partial charge in [-0.05, 0) is 30.4 Å². The first-order chi connectivity index (χ1) is 19.1. The Balaban J connectivity index is 0.00000120. The number of guanidine groups is 1. The number of nitrogens with zero attached hydrogens (tertiary/aromatic N) is 1. The molecular formula is C27H36Cl2N6O5. The first-order valence-electron chi connectivity index (χ1n) is 12.4. The zero-order chi connectivity index (χ0) is 29.9. The second kappa shape index (κ2) is 19.4. The van der Waals surface area contributed by atoms with E-state index in [2.05, 4.69) is 15.6 Å². The van der Waals surface area contributed by atoms with E-state index in [1.807, 2.05) is 60.7 Å². The maximum atomic E-state index is 13.0. The molecule has 0 aromatic heterocycles. The van der Waals surface area contributed by atoms with E-state index in [0.717, 1.165) is 11.1 Å². The van der Waals surface area contributed by atoms with Crippen molar-refractivity contribution in [3.05, 3.63) is 71.8 Å². The molecule has 2 aromatic rings. The molecule has 9 N–H and O–H groups in total. The first-order valence-corrected chi connectivity index (χ1v) is 13.5. The maximum Gasteiger partial charge on any atom is 0.326 e. The molecule has 40 heavy (non-hydrogen) atoms. The van der Waals surface area contributed by atoms with Gasteiger partial charge >= 0.3 is 5.97 Å². The number of hydrogen-bond acceptors (Lipinski definition) is 6. The molecule has 0 fully saturated rings. The lowest BCUT2D eigenvalue weighted by atomic mass is 10.0. The number of hydrogen-bond donors (Lipinski definition) is 6. The normalized spacial score (nSPS) is 12.5. The van der Waals surface area contributed by atoms with Crippen LogP contribution in [0.1, 0.15) is 24.0 Å². The van der Waals surface area contributed by atoms with Crippen LogP contribution in [-0.4, -0.2) is 71.1 Å². The summed E-state index contributed by atoms with van der Waals surface area (Å²) in [5.74, 6) is -2.46. The van der Waals surface area contributed by atoms with Crippen molar-refractivity contribution in [1.82, 2.24) is 10.6 Å². The Bertz CT molecular complexity index is 1100. The van der Waals surface area contributed by atoms with Gasteiger partial charge in [0.25, 0.3) is 0 Å². The van der Waals surface area contributed by atoms with E-state index in [0.29, 0.717) is 12.8 Å². The highest BCUT2D eigenvalue weighted by Crippen LogP contribution is 2.07. The third kappa shape index (κ3) is 14.5. The van der Waals surface area contributed by atoms with E-state index in [1.165, 1.54) is 0 Å². The first kappa shape index (κ1) is 34.4. The van der Waals surface area contributed by atoms with E-state index in [1.54, 1.807) is 0 Å². The number of rotatable bonds is 15. The Hall–Kier alpha value is -3.67. The Kier molecular flexibility index (Phi) is 16.7. The van der Waals surface area contributed by atoms with Crippen molar-refractivity contribution in [2.45, 2.75) is 43.8 Å². The Labute approximate surface area is 243 Å². The number of carboxylic acids is 1. The summed E-state index contributed by atoms with van der Waals surface area (Å²) in [6.07, 6.45) is 0.954. The average molecular weight is 596 g/mol. The number of aliphatic carboxylic acids is 1. The second-order valence-electron chi connectivity index (χ2n) is 8.70. The van der Waals surface area contributed by atoms with Crippen LogP contribution in [0.3, 0.4) is 0 Å². The number of nitrogens with two attached hydrogens (primary N) is 3. The second-order valence-corrected chi connectivity index (χ2v) is 9.24. The summed E-state index contributed by atoms with van der Waals surface area (Å²) in [5.41, 5.74) is 18.3. The molecule has 0 saturated heterocycles. The number of carboxylic acid groups (broad SMARTS) is 1. The zero-order valence-corrected chi connectivity index (χ0v) is 23.5. The van der Waals surface area contributed by atoms with Crippen LogP contribution < -0.4 is 27.8 Å². The molecule has 0 aliphatic rings. The molecule has 0 saturated carbocycles. The fourth-order valence-corrected chi connectivity index (χ4v) is 3.65. The predicted octanol–water partition coefficient (Wildman–Crippen LogP) is 0.940. The topological polar surface area (TPSA) is 203 Å². The third-order valence-electron chi connectivity index (χ3n) is 5.41. The lowest BCUT2D eigenvalue weighted by Gasteiger charge is -2.23. The zero-order valence-electron chi connectivity index (χ0n) is 22.0. The molecule has 2 rings (SSSR count). The van der Waals surface area contributed by atoms with Crippen molar-refractivity contribution < 1.29 is 24.3 Å². The number of carbonyl (C=O) groups excluding carboxylic acids is 3. The van der Waals surface area contributed by atoms with Crippen LogP contribution in [-0.2, 0) is 32.0 Å². The summed E-state index contributed by atoms with van der Waals surface area (Å²) in [5, 5.41) is 14.7. The molecule has 218 valence electrons. The maximum absolute atomic E-state index is 13.0. The van der Waals surface area contributed by atoms with Gasteiger partial charge in [-0.3, -0.25) is 19.4 Å². The molecular weight excluding hydrogens is 559 g/mol. The van der Waals surface area contributed by atoms with Gasteiger partial charge in [0, 0.05) is 13.0 Å². The summed E-state index contributed by atoms with van der Waals surface area (Å²) in [6, 6.07) is 15.4. The van der Waals surface area contributed by atoms with Crippen LogP contribution in [0.25, 0.3) is 0 Å². The SMILES string of the molecule is NC(N)=NCCCC(NC(=O)C(Cc1ccccc1)NC(=O)C(N)Cc1ccccc1)C(=O)O.O=C(CCl)CCl. The quantitative estimate of drug-likeness (QED) is 0.0755. The molecule has 11 nitrogen and oxygen atoms in total. The highest BCUT2D eigenvalue weighted by atomic mass is 35.5. The van der Waals surface area contributed by atoms with E-state index in [-0.39, 0.29) is 42.9 Å². The Morgan fingerprint density at radius 1 is 0.800 bits per heavy atom. The van der Waals surface area contributed by atoms with Crippen LogP contribution in [0.5, 0.6) is 0 Å². The average Bonchev–Trinajstić information content (AvgIpc) is 2.94. The van der Waals surface area contributed by atoms with Crippen LogP contribution >= 0.6 is 23.2 Å². The molecule has 2 amide bonds. The number of amides is 2. The summed E-state index contributed by atoms with van der Waals surface area (Å²) in [7, 11) is 0. The van der Waals surface area contributed by atoms with Gasteiger partial charge in [-0.25, -0.2) is 4.79 Å². The standard InChI is InChI=1S/C24H32N6O4.C3H4Cl2O/c25-18(14-16-8-3-1-4-9-16)21(31)30-20(15-17-10-5-2-6-11-17)22(32)29-19(23(33)34)12-7-13-28-24(26)27;4-1-3(6)2-5/h1-6,8-11,18-20H,7,12-15,25H2,(H,29,32)(H,30,31)(H,33,34)(H4,26,27,28);1-2H2. The summed E-state index contributed by atoms with van der Waals surface area (Å²) < 4.78 is 0. The van der Waals surface area contributed by atoms with Gasteiger partial charge in [-0.1, -0.05) is 60.7 Å². The number of nitrogens with one attached hydrogen (secondary N) is 2. The van der Waals surface area contributed by atoms with Crippen LogP contribution in [0.4, 0.5) is 0 Å². The monoisotopic (exact) mass is 594 g/mol. The molecule has 0 aliphatic heterocycles. The molecule has 0 aliphatic carbocycles. The molecule has 13 heteroatoms. The third-order valence-corrected chi connectivity index (χ3v) is 6.00. The number of Topliss-reactive ketones (excluding diaryl/α,β-unsaturated/α-hetero) is 1. The van der Waals surface area contributed by atoms with Gasteiger partial charge in [0.1, 0.15) is 12.1 Å². The van der Waals surface area contributed by atoms with Crippen molar-refractivity contribution in [2.75, 3.05) is 18.3 Å². The van der Waals surface area contributed by atoms with Crippen molar-refractivity contribution in [1.29, 1.82) is 0 Å². The van der Waals surface area contributed by atoms with Crippen molar-refractivity contribution >= 4 is 52.7 Å². The lowest BCUT2D eigenvalue weighted by molar-refractivity contribution is -0.142. The minimum absolute atomic E-state index is 0.0312. The van der Waals surface area contributed by atoms with Crippen molar-refractivity contribution in [3.63, 3.8) is 0 Å². The van der Waals surface area contributed by atoms with Crippen LogP contribution in [0, 0.1) is 0 Å². The van der Waals surface area contributed by atoms with Gasteiger partial charge in [-0.15, -0.1) is 23.2 Å². The lowest BCUT2D eigenvalue weighted by Crippen LogP contribution is -2.55. The number of halogens is 2. The number of aliphatic imine (C=N–C) groups is 1. The largest absolute Gasteiger partial charge is 0.480 e. The van der Waals surface area contributed by atoms with Gasteiger partial charge in [0.15, 0.2) is 11.7 Å². The fraction of sp³-hybridized carbons (Fsp3) is 0.370. The van der Waals surface area contributed by atoms with Gasteiger partial charge in [0.2, 0.25) is 11.8 Å². The molecule has 0 heterocycles.